The minimum absolute atomic E-state index is 0.141. The van der Waals surface area contributed by atoms with Gasteiger partial charge in [0, 0.05) is 16.6 Å². The molecule has 2 rings (SSSR count). The molecular formula is C11H12ClF2N. The van der Waals surface area contributed by atoms with Crippen LogP contribution in [-0.2, 0) is 0 Å². The van der Waals surface area contributed by atoms with Gasteiger partial charge in [-0.25, -0.2) is 8.78 Å². The van der Waals surface area contributed by atoms with Crippen molar-refractivity contribution in [3.63, 3.8) is 0 Å². The lowest BCUT2D eigenvalue weighted by Crippen LogP contribution is -2.22. The number of hydrogen-bond acceptors (Lipinski definition) is 1. The minimum Gasteiger partial charge on any atom is -0.324 e. The summed E-state index contributed by atoms with van der Waals surface area (Å²) < 4.78 is 26.7. The third-order valence-electron chi connectivity index (χ3n) is 3.02. The summed E-state index contributed by atoms with van der Waals surface area (Å²) in [4.78, 5) is 0. The molecule has 15 heavy (non-hydrogen) atoms. The molecule has 4 heteroatoms. The second kappa shape index (κ2) is 3.72. The van der Waals surface area contributed by atoms with Gasteiger partial charge in [-0.1, -0.05) is 18.5 Å². The average Bonchev–Trinajstić information content (AvgIpc) is 2.18. The van der Waals surface area contributed by atoms with Gasteiger partial charge in [-0.05, 0) is 30.4 Å². The van der Waals surface area contributed by atoms with Crippen LogP contribution in [0.3, 0.4) is 0 Å². The second-order valence-electron chi connectivity index (χ2n) is 4.07. The van der Waals surface area contributed by atoms with E-state index in [0.29, 0.717) is 12.0 Å². The van der Waals surface area contributed by atoms with E-state index in [1.807, 2.05) is 6.92 Å². The maximum absolute atomic E-state index is 13.6. The molecule has 2 N–H and O–H groups in total. The normalized spacial score (nSPS) is 25.1. The van der Waals surface area contributed by atoms with Crippen molar-refractivity contribution in [2.75, 3.05) is 0 Å². The smallest absolute Gasteiger partial charge is 0.163 e. The SMILES string of the molecule is CC1CC[C@H](N)c2c(F)c(F)cc(Cl)c21. The monoisotopic (exact) mass is 231 g/mol. The average molecular weight is 232 g/mol. The van der Waals surface area contributed by atoms with Gasteiger partial charge in [0.1, 0.15) is 0 Å². The van der Waals surface area contributed by atoms with E-state index in [9.17, 15) is 8.78 Å². The Labute approximate surface area is 92.2 Å². The first-order chi connectivity index (χ1) is 7.02. The number of nitrogens with two attached hydrogens (primary N) is 1. The lowest BCUT2D eigenvalue weighted by Gasteiger charge is -2.28. The van der Waals surface area contributed by atoms with Gasteiger partial charge in [0.25, 0.3) is 0 Å². The van der Waals surface area contributed by atoms with Crippen LogP contribution < -0.4 is 5.73 Å². The van der Waals surface area contributed by atoms with Crippen molar-refractivity contribution in [2.45, 2.75) is 31.7 Å². The fraction of sp³-hybridized carbons (Fsp3) is 0.455. The van der Waals surface area contributed by atoms with Gasteiger partial charge in [0.05, 0.1) is 0 Å². The zero-order valence-electron chi connectivity index (χ0n) is 8.36. The molecule has 0 radical (unpaired) electrons. The maximum Gasteiger partial charge on any atom is 0.163 e. The molecule has 0 amide bonds. The fourth-order valence-electron chi connectivity index (χ4n) is 2.21. The molecule has 0 bridgehead atoms. The van der Waals surface area contributed by atoms with Gasteiger partial charge in [0.15, 0.2) is 11.6 Å². The van der Waals surface area contributed by atoms with Crippen molar-refractivity contribution in [1.29, 1.82) is 0 Å². The predicted molar refractivity (Wildman–Crippen MR) is 55.9 cm³/mol. The molecule has 1 aliphatic carbocycles. The third-order valence-corrected chi connectivity index (χ3v) is 3.33. The van der Waals surface area contributed by atoms with Crippen molar-refractivity contribution in [3.05, 3.63) is 33.9 Å². The number of benzene rings is 1. The van der Waals surface area contributed by atoms with Gasteiger partial charge in [-0.3, -0.25) is 0 Å². The molecule has 1 aromatic rings. The molecule has 2 atom stereocenters. The van der Waals surface area contributed by atoms with E-state index in [-0.39, 0.29) is 16.5 Å². The molecule has 1 aliphatic rings. The Morgan fingerprint density at radius 2 is 2.00 bits per heavy atom. The first-order valence-corrected chi connectivity index (χ1v) is 5.33. The van der Waals surface area contributed by atoms with Gasteiger partial charge in [0.2, 0.25) is 0 Å². The Balaban J connectivity index is 2.71. The lowest BCUT2D eigenvalue weighted by atomic mass is 9.81. The number of fused-ring (bicyclic) bond motifs is 1. The van der Waals surface area contributed by atoms with Crippen molar-refractivity contribution in [1.82, 2.24) is 0 Å². The van der Waals surface area contributed by atoms with Crippen molar-refractivity contribution < 1.29 is 8.78 Å². The molecule has 82 valence electrons. The van der Waals surface area contributed by atoms with Crippen LogP contribution in [0, 0.1) is 11.6 Å². The van der Waals surface area contributed by atoms with Crippen molar-refractivity contribution >= 4 is 11.6 Å². The quantitative estimate of drug-likeness (QED) is 0.680. The molecule has 1 aromatic carbocycles. The van der Waals surface area contributed by atoms with Crippen LogP contribution in [0.1, 0.15) is 42.9 Å². The van der Waals surface area contributed by atoms with Crippen LogP contribution in [0.25, 0.3) is 0 Å². The molecule has 0 heterocycles. The molecular weight excluding hydrogens is 220 g/mol. The predicted octanol–water partition coefficient (Wildman–Crippen LogP) is 3.52. The Bertz CT molecular complexity index is 406. The largest absolute Gasteiger partial charge is 0.324 e. The highest BCUT2D eigenvalue weighted by atomic mass is 35.5. The maximum atomic E-state index is 13.6. The molecule has 1 nitrogen and oxygen atoms in total. The van der Waals surface area contributed by atoms with Crippen molar-refractivity contribution in [2.24, 2.45) is 5.73 Å². The van der Waals surface area contributed by atoms with E-state index < -0.39 is 17.7 Å². The van der Waals surface area contributed by atoms with E-state index in [1.165, 1.54) is 0 Å². The summed E-state index contributed by atoms with van der Waals surface area (Å²) in [6.07, 6.45) is 1.53. The molecule has 0 saturated carbocycles. The number of rotatable bonds is 0. The van der Waals surface area contributed by atoms with Crippen LogP contribution in [0.2, 0.25) is 5.02 Å². The zero-order chi connectivity index (χ0) is 11.2. The highest BCUT2D eigenvalue weighted by Crippen LogP contribution is 2.41. The summed E-state index contributed by atoms with van der Waals surface area (Å²) >= 11 is 5.92. The first kappa shape index (κ1) is 10.8. The summed E-state index contributed by atoms with van der Waals surface area (Å²) in [6.45, 7) is 1.95. The van der Waals surface area contributed by atoms with E-state index in [0.717, 1.165) is 12.5 Å². The summed E-state index contributed by atoms with van der Waals surface area (Å²) in [5.41, 5.74) is 6.72. The fourth-order valence-corrected chi connectivity index (χ4v) is 2.59. The number of hydrogen-bond donors (Lipinski definition) is 1. The summed E-state index contributed by atoms with van der Waals surface area (Å²) in [7, 11) is 0. The Hall–Kier alpha value is -0.670. The van der Waals surface area contributed by atoms with Crippen LogP contribution in [0.4, 0.5) is 8.78 Å². The molecule has 0 saturated heterocycles. The Morgan fingerprint density at radius 3 is 2.67 bits per heavy atom. The van der Waals surface area contributed by atoms with Crippen LogP contribution >= 0.6 is 11.6 Å². The molecule has 0 aliphatic heterocycles. The van der Waals surface area contributed by atoms with E-state index in [4.69, 9.17) is 17.3 Å². The third kappa shape index (κ3) is 1.64. The number of halogens is 3. The van der Waals surface area contributed by atoms with Crippen LogP contribution in [0.15, 0.2) is 6.07 Å². The van der Waals surface area contributed by atoms with E-state index in [2.05, 4.69) is 0 Å². The Kier molecular flexibility index (Phi) is 2.69. The van der Waals surface area contributed by atoms with Gasteiger partial charge < -0.3 is 5.73 Å². The van der Waals surface area contributed by atoms with Crippen LogP contribution in [0.5, 0.6) is 0 Å². The topological polar surface area (TPSA) is 26.0 Å². The van der Waals surface area contributed by atoms with Crippen LogP contribution in [-0.4, -0.2) is 0 Å². The molecule has 1 unspecified atom stereocenters. The molecule has 0 fully saturated rings. The highest BCUT2D eigenvalue weighted by Gasteiger charge is 2.29. The van der Waals surface area contributed by atoms with Gasteiger partial charge in [-0.2, -0.15) is 0 Å². The van der Waals surface area contributed by atoms with Gasteiger partial charge >= 0.3 is 0 Å². The lowest BCUT2D eigenvalue weighted by molar-refractivity contribution is 0.447. The van der Waals surface area contributed by atoms with Crippen molar-refractivity contribution in [3.8, 4) is 0 Å². The zero-order valence-corrected chi connectivity index (χ0v) is 9.11. The highest BCUT2D eigenvalue weighted by molar-refractivity contribution is 6.31. The molecule has 0 spiro atoms. The summed E-state index contributed by atoms with van der Waals surface area (Å²) in [5, 5.41) is 0.284. The summed E-state index contributed by atoms with van der Waals surface area (Å²) in [5.74, 6) is -1.61. The first-order valence-electron chi connectivity index (χ1n) is 4.95. The standard InChI is InChI=1S/C11H12ClF2N/c1-5-2-3-8(15)10-9(5)6(12)4-7(13)11(10)14/h4-5,8H,2-3,15H2,1H3/t5?,8-/m0/s1. The van der Waals surface area contributed by atoms with Gasteiger partial charge in [-0.15, -0.1) is 0 Å². The van der Waals surface area contributed by atoms with E-state index in [1.54, 1.807) is 0 Å². The molecule has 0 aromatic heterocycles. The Morgan fingerprint density at radius 1 is 1.33 bits per heavy atom. The summed E-state index contributed by atoms with van der Waals surface area (Å²) in [6, 6.07) is 0.592. The second-order valence-corrected chi connectivity index (χ2v) is 4.47. The minimum atomic E-state index is -0.914. The van der Waals surface area contributed by atoms with E-state index >= 15 is 0 Å².